The molecule has 1 fully saturated rings. The molecular weight excluding hydrogens is 304 g/mol. The van der Waals surface area contributed by atoms with Crippen LogP contribution in [0, 0.1) is 6.92 Å². The molecule has 1 atom stereocenters. The number of piperidine rings is 1. The van der Waals surface area contributed by atoms with Crippen LogP contribution in [0.2, 0.25) is 0 Å². The van der Waals surface area contributed by atoms with Crippen LogP contribution in [0.3, 0.4) is 0 Å². The fourth-order valence-electron chi connectivity index (χ4n) is 2.48. The average Bonchev–Trinajstić information content (AvgIpc) is 2.48. The van der Waals surface area contributed by atoms with Gasteiger partial charge in [0.2, 0.25) is 10.0 Å². The molecule has 22 heavy (non-hydrogen) atoms. The third-order valence-corrected chi connectivity index (χ3v) is 5.52. The minimum atomic E-state index is -3.52. The molecule has 2 rings (SSSR count). The Morgan fingerprint density at radius 2 is 2.05 bits per heavy atom. The summed E-state index contributed by atoms with van der Waals surface area (Å²) in [5.74, 6) is 0. The second-order valence-electron chi connectivity index (χ2n) is 5.38. The average molecular weight is 326 g/mol. The number of carbonyl (C=O) groups is 1. The molecule has 0 bridgehead atoms. The smallest absolute Gasteiger partial charge is 0.407 e. The number of hydrogen-bond donors (Lipinski definition) is 1. The highest BCUT2D eigenvalue weighted by Crippen LogP contribution is 2.21. The van der Waals surface area contributed by atoms with Crippen molar-refractivity contribution in [3.8, 4) is 0 Å². The number of ether oxygens (including phenoxy) is 1. The highest BCUT2D eigenvalue weighted by atomic mass is 32.2. The van der Waals surface area contributed by atoms with E-state index in [0.29, 0.717) is 19.6 Å². The maximum atomic E-state index is 12.6. The molecule has 1 saturated heterocycles. The summed E-state index contributed by atoms with van der Waals surface area (Å²) in [5.41, 5.74) is 1.01. The zero-order valence-electron chi connectivity index (χ0n) is 12.9. The van der Waals surface area contributed by atoms with Crippen LogP contribution in [0.25, 0.3) is 0 Å². The van der Waals surface area contributed by atoms with Crippen LogP contribution in [-0.2, 0) is 14.8 Å². The van der Waals surface area contributed by atoms with E-state index in [-0.39, 0.29) is 17.5 Å². The minimum Gasteiger partial charge on any atom is -0.450 e. The van der Waals surface area contributed by atoms with Crippen LogP contribution in [0.4, 0.5) is 4.79 Å². The molecule has 1 heterocycles. The van der Waals surface area contributed by atoms with Crippen LogP contribution in [0.15, 0.2) is 29.2 Å². The van der Waals surface area contributed by atoms with Gasteiger partial charge in [0, 0.05) is 19.1 Å². The monoisotopic (exact) mass is 326 g/mol. The van der Waals surface area contributed by atoms with Crippen LogP contribution in [0.5, 0.6) is 0 Å². The highest BCUT2D eigenvalue weighted by molar-refractivity contribution is 7.89. The minimum absolute atomic E-state index is 0.215. The van der Waals surface area contributed by atoms with Crippen molar-refractivity contribution in [2.24, 2.45) is 0 Å². The molecule has 6 nitrogen and oxygen atoms in total. The summed E-state index contributed by atoms with van der Waals surface area (Å²) in [5, 5.41) is 2.72. The van der Waals surface area contributed by atoms with Gasteiger partial charge >= 0.3 is 6.09 Å². The van der Waals surface area contributed by atoms with Crippen molar-refractivity contribution in [3.63, 3.8) is 0 Å². The van der Waals surface area contributed by atoms with E-state index in [9.17, 15) is 13.2 Å². The predicted molar refractivity (Wildman–Crippen MR) is 83.1 cm³/mol. The number of nitrogens with zero attached hydrogens (tertiary/aromatic N) is 1. The molecule has 122 valence electrons. The number of amides is 1. The number of sulfonamides is 1. The third kappa shape index (κ3) is 3.98. The van der Waals surface area contributed by atoms with E-state index in [1.807, 2.05) is 6.92 Å². The molecule has 0 radical (unpaired) electrons. The lowest BCUT2D eigenvalue weighted by molar-refractivity contribution is 0.142. The molecule has 1 aromatic rings. The zero-order chi connectivity index (χ0) is 16.2. The van der Waals surface area contributed by atoms with Crippen LogP contribution < -0.4 is 5.32 Å². The summed E-state index contributed by atoms with van der Waals surface area (Å²) >= 11 is 0. The predicted octanol–water partition coefficient (Wildman–Crippen LogP) is 1.89. The Balaban J connectivity index is 2.07. The number of nitrogens with one attached hydrogen (secondary N) is 1. The van der Waals surface area contributed by atoms with Gasteiger partial charge in [-0.3, -0.25) is 0 Å². The van der Waals surface area contributed by atoms with Gasteiger partial charge in [-0.2, -0.15) is 4.31 Å². The molecule has 0 spiro atoms. The molecule has 0 saturated carbocycles. The normalized spacial score (nSPS) is 19.6. The first-order valence-corrected chi connectivity index (χ1v) is 8.87. The van der Waals surface area contributed by atoms with Crippen LogP contribution >= 0.6 is 0 Å². The van der Waals surface area contributed by atoms with Crippen molar-refractivity contribution in [2.45, 2.75) is 37.6 Å². The molecular formula is C15H22N2O4S. The number of aryl methyl sites for hydroxylation is 1. The second kappa shape index (κ2) is 7.11. The molecule has 1 amide bonds. The maximum Gasteiger partial charge on any atom is 0.407 e. The van der Waals surface area contributed by atoms with Gasteiger partial charge < -0.3 is 10.1 Å². The lowest BCUT2D eigenvalue weighted by Crippen LogP contribution is -2.49. The Kier molecular flexibility index (Phi) is 5.42. The summed E-state index contributed by atoms with van der Waals surface area (Å²) in [6, 6.07) is 6.59. The Labute approximate surface area is 131 Å². The quantitative estimate of drug-likeness (QED) is 0.917. The number of carbonyl (C=O) groups excluding carboxylic acids is 1. The van der Waals surface area contributed by atoms with Gasteiger partial charge in [0.25, 0.3) is 0 Å². The molecule has 0 aromatic heterocycles. The first-order valence-electron chi connectivity index (χ1n) is 7.43. The standard InChI is InChI=1S/C15H22N2O4S/c1-3-21-15(18)16-13-5-4-10-17(11-13)22(19,20)14-8-6-12(2)7-9-14/h6-9,13H,3-5,10-11H2,1-2H3,(H,16,18)/t13-/m0/s1. The molecule has 1 aliphatic rings. The van der Waals surface area contributed by atoms with E-state index < -0.39 is 16.1 Å². The molecule has 7 heteroatoms. The van der Waals surface area contributed by atoms with E-state index in [4.69, 9.17) is 4.74 Å². The number of rotatable bonds is 4. The lowest BCUT2D eigenvalue weighted by Gasteiger charge is -2.32. The highest BCUT2D eigenvalue weighted by Gasteiger charge is 2.30. The summed E-state index contributed by atoms with van der Waals surface area (Å²) in [6.45, 7) is 4.68. The number of benzene rings is 1. The number of hydrogen-bond acceptors (Lipinski definition) is 4. The van der Waals surface area contributed by atoms with Crippen LogP contribution in [-0.4, -0.2) is 44.6 Å². The van der Waals surface area contributed by atoms with E-state index in [0.717, 1.165) is 12.0 Å². The molecule has 0 unspecified atom stereocenters. The molecule has 1 N–H and O–H groups in total. The summed E-state index contributed by atoms with van der Waals surface area (Å²) in [6.07, 6.45) is 0.961. The van der Waals surface area contributed by atoms with E-state index in [1.54, 1.807) is 31.2 Å². The van der Waals surface area contributed by atoms with Crippen molar-refractivity contribution < 1.29 is 17.9 Å². The van der Waals surface area contributed by atoms with Crippen molar-refractivity contribution in [1.29, 1.82) is 0 Å². The maximum absolute atomic E-state index is 12.6. The van der Waals surface area contributed by atoms with Crippen molar-refractivity contribution >= 4 is 16.1 Å². The lowest BCUT2D eigenvalue weighted by atomic mass is 10.1. The third-order valence-electron chi connectivity index (χ3n) is 3.64. The Morgan fingerprint density at radius 1 is 1.36 bits per heavy atom. The second-order valence-corrected chi connectivity index (χ2v) is 7.32. The van der Waals surface area contributed by atoms with E-state index >= 15 is 0 Å². The van der Waals surface area contributed by atoms with Gasteiger partial charge in [0.15, 0.2) is 0 Å². The Hall–Kier alpha value is -1.60. The van der Waals surface area contributed by atoms with Crippen molar-refractivity contribution in [3.05, 3.63) is 29.8 Å². The summed E-state index contributed by atoms with van der Waals surface area (Å²) in [4.78, 5) is 11.8. The fraction of sp³-hybridized carbons (Fsp3) is 0.533. The van der Waals surface area contributed by atoms with Gasteiger partial charge in [-0.25, -0.2) is 13.2 Å². The van der Waals surface area contributed by atoms with Crippen molar-refractivity contribution in [1.82, 2.24) is 9.62 Å². The molecule has 0 aliphatic carbocycles. The van der Waals surface area contributed by atoms with Gasteiger partial charge in [-0.05, 0) is 38.8 Å². The van der Waals surface area contributed by atoms with Gasteiger partial charge in [0.05, 0.1) is 11.5 Å². The van der Waals surface area contributed by atoms with Crippen molar-refractivity contribution in [2.75, 3.05) is 19.7 Å². The zero-order valence-corrected chi connectivity index (χ0v) is 13.7. The first-order chi connectivity index (χ1) is 10.4. The van der Waals surface area contributed by atoms with Gasteiger partial charge in [0.1, 0.15) is 0 Å². The summed E-state index contributed by atoms with van der Waals surface area (Å²) < 4.78 is 31.5. The van der Waals surface area contributed by atoms with Gasteiger partial charge in [-0.1, -0.05) is 17.7 Å². The van der Waals surface area contributed by atoms with E-state index in [1.165, 1.54) is 4.31 Å². The summed E-state index contributed by atoms with van der Waals surface area (Å²) in [7, 11) is -3.52. The fourth-order valence-corrected chi connectivity index (χ4v) is 4.00. The largest absolute Gasteiger partial charge is 0.450 e. The van der Waals surface area contributed by atoms with Crippen LogP contribution in [0.1, 0.15) is 25.3 Å². The van der Waals surface area contributed by atoms with E-state index in [2.05, 4.69) is 5.32 Å². The van der Waals surface area contributed by atoms with Gasteiger partial charge in [-0.15, -0.1) is 0 Å². The topological polar surface area (TPSA) is 75.7 Å². The first kappa shape index (κ1) is 16.8. The molecule has 1 aliphatic heterocycles. The SMILES string of the molecule is CCOC(=O)N[C@H]1CCCN(S(=O)(=O)c2ccc(C)cc2)C1. The Bertz CT molecular complexity index is 613. The molecule has 1 aromatic carbocycles. The Morgan fingerprint density at radius 3 is 2.68 bits per heavy atom. The number of alkyl carbamates (subject to hydrolysis) is 1.